The number of benzene rings is 1. The number of alkyl halides is 1. The molecular weight excluding hydrogens is 169 g/mol. The van der Waals surface area contributed by atoms with E-state index < -0.39 is 12.8 Å². The van der Waals surface area contributed by atoms with Crippen LogP contribution in [0.15, 0.2) is 30.3 Å². The molecule has 1 unspecified atom stereocenters. The minimum atomic E-state index is -1.03. The Morgan fingerprint density at radius 3 is 2.85 bits per heavy atom. The summed E-state index contributed by atoms with van der Waals surface area (Å²) in [6.45, 7) is -0.757. The van der Waals surface area contributed by atoms with E-state index in [0.29, 0.717) is 5.69 Å². The third kappa shape index (κ3) is 1.42. The average Bonchev–Trinajstić information content (AvgIpc) is 2.59. The van der Waals surface area contributed by atoms with Crippen LogP contribution in [0.25, 0.3) is 10.9 Å². The first kappa shape index (κ1) is 8.26. The summed E-state index contributed by atoms with van der Waals surface area (Å²) in [5.41, 5.74) is 1.45. The number of aliphatic hydroxyl groups excluding tert-OH is 1. The highest BCUT2D eigenvalue weighted by Gasteiger charge is 2.09. The summed E-state index contributed by atoms with van der Waals surface area (Å²) in [5.74, 6) is 0. The molecule has 1 atom stereocenters. The maximum Gasteiger partial charge on any atom is 0.122 e. The molecule has 2 rings (SSSR count). The van der Waals surface area contributed by atoms with E-state index in [9.17, 15) is 9.50 Å². The number of halogens is 1. The van der Waals surface area contributed by atoms with Crippen molar-refractivity contribution in [1.29, 1.82) is 0 Å². The highest BCUT2D eigenvalue weighted by Crippen LogP contribution is 2.19. The van der Waals surface area contributed by atoms with Gasteiger partial charge in [-0.1, -0.05) is 18.2 Å². The molecule has 0 spiro atoms. The van der Waals surface area contributed by atoms with E-state index in [-0.39, 0.29) is 0 Å². The Labute approximate surface area is 75.0 Å². The second kappa shape index (κ2) is 3.18. The molecule has 0 aliphatic heterocycles. The van der Waals surface area contributed by atoms with Gasteiger partial charge in [0.2, 0.25) is 0 Å². The third-order valence-corrected chi connectivity index (χ3v) is 2.06. The number of aromatic nitrogens is 1. The lowest BCUT2D eigenvalue weighted by Gasteiger charge is -2.00. The lowest BCUT2D eigenvalue weighted by molar-refractivity contribution is 0.138. The first-order valence-electron chi connectivity index (χ1n) is 4.13. The van der Waals surface area contributed by atoms with E-state index in [1.165, 1.54) is 0 Å². The van der Waals surface area contributed by atoms with E-state index >= 15 is 0 Å². The van der Waals surface area contributed by atoms with E-state index in [2.05, 4.69) is 4.98 Å². The predicted octanol–water partition coefficient (Wildman–Crippen LogP) is 2.17. The van der Waals surface area contributed by atoms with E-state index in [0.717, 1.165) is 10.9 Å². The van der Waals surface area contributed by atoms with Gasteiger partial charge in [0.15, 0.2) is 0 Å². The van der Waals surface area contributed by atoms with Crippen LogP contribution in [0.2, 0.25) is 0 Å². The minimum Gasteiger partial charge on any atom is -0.384 e. The van der Waals surface area contributed by atoms with Crippen molar-refractivity contribution in [2.75, 3.05) is 6.67 Å². The molecule has 2 N–H and O–H groups in total. The monoisotopic (exact) mass is 179 g/mol. The van der Waals surface area contributed by atoms with Crippen LogP contribution in [0.3, 0.4) is 0 Å². The highest BCUT2D eigenvalue weighted by atomic mass is 19.1. The largest absolute Gasteiger partial charge is 0.384 e. The van der Waals surface area contributed by atoms with Crippen molar-refractivity contribution >= 4 is 10.9 Å². The van der Waals surface area contributed by atoms with E-state index in [1.807, 2.05) is 24.3 Å². The average molecular weight is 179 g/mol. The summed E-state index contributed by atoms with van der Waals surface area (Å²) in [7, 11) is 0. The highest BCUT2D eigenvalue weighted by molar-refractivity contribution is 5.80. The normalized spacial score (nSPS) is 13.4. The molecule has 1 heterocycles. The number of fused-ring (bicyclic) bond motifs is 1. The van der Waals surface area contributed by atoms with Crippen molar-refractivity contribution in [1.82, 2.24) is 4.98 Å². The first-order chi connectivity index (χ1) is 6.31. The molecule has 0 bridgehead atoms. The van der Waals surface area contributed by atoms with Crippen LogP contribution in [-0.4, -0.2) is 16.8 Å². The fraction of sp³-hybridized carbons (Fsp3) is 0.200. The standard InChI is InChI=1S/C10H10FNO/c11-6-10(13)9-5-7-3-1-2-4-8(7)12-9/h1-5,10,12-13H,6H2. The van der Waals surface area contributed by atoms with Gasteiger partial charge in [-0.25, -0.2) is 4.39 Å². The Balaban J connectivity index is 2.49. The van der Waals surface area contributed by atoms with Gasteiger partial charge in [0.1, 0.15) is 12.8 Å². The van der Waals surface area contributed by atoms with E-state index in [1.54, 1.807) is 6.07 Å². The molecule has 13 heavy (non-hydrogen) atoms. The Morgan fingerprint density at radius 1 is 1.38 bits per heavy atom. The number of nitrogens with one attached hydrogen (secondary N) is 1. The zero-order chi connectivity index (χ0) is 9.26. The Hall–Kier alpha value is -1.35. The minimum absolute atomic E-state index is 0.531. The van der Waals surface area contributed by atoms with Crippen molar-refractivity contribution < 1.29 is 9.50 Å². The van der Waals surface area contributed by atoms with Gasteiger partial charge in [0.05, 0.1) is 0 Å². The number of aliphatic hydroxyl groups is 1. The molecule has 0 aliphatic carbocycles. The van der Waals surface area contributed by atoms with E-state index in [4.69, 9.17) is 0 Å². The van der Waals surface area contributed by atoms with Crippen LogP contribution < -0.4 is 0 Å². The summed E-state index contributed by atoms with van der Waals surface area (Å²) in [6.07, 6.45) is -1.03. The molecule has 2 aromatic rings. The number of hydrogen-bond donors (Lipinski definition) is 2. The number of rotatable bonds is 2. The lowest BCUT2D eigenvalue weighted by Crippen LogP contribution is -1.98. The summed E-state index contributed by atoms with van der Waals surface area (Å²) >= 11 is 0. The molecule has 0 amide bonds. The maximum atomic E-state index is 12.1. The molecule has 0 saturated carbocycles. The SMILES string of the molecule is OC(CF)c1cc2ccccc2[nH]1. The molecule has 0 radical (unpaired) electrons. The zero-order valence-corrected chi connectivity index (χ0v) is 7.00. The smallest absolute Gasteiger partial charge is 0.122 e. The van der Waals surface area contributed by atoms with Gasteiger partial charge in [-0.3, -0.25) is 0 Å². The van der Waals surface area contributed by atoms with Gasteiger partial charge >= 0.3 is 0 Å². The van der Waals surface area contributed by atoms with Crippen LogP contribution in [0.5, 0.6) is 0 Å². The van der Waals surface area contributed by atoms with Crippen LogP contribution in [-0.2, 0) is 0 Å². The molecule has 1 aromatic heterocycles. The summed E-state index contributed by atoms with van der Waals surface area (Å²) in [5, 5.41) is 10.2. The topological polar surface area (TPSA) is 36.0 Å². The lowest BCUT2D eigenvalue weighted by atomic mass is 10.2. The molecule has 0 aliphatic rings. The fourth-order valence-corrected chi connectivity index (χ4v) is 1.36. The fourth-order valence-electron chi connectivity index (χ4n) is 1.36. The van der Waals surface area contributed by atoms with Gasteiger partial charge in [-0.2, -0.15) is 0 Å². The first-order valence-corrected chi connectivity index (χ1v) is 4.13. The van der Waals surface area contributed by atoms with Gasteiger partial charge < -0.3 is 10.1 Å². The quantitative estimate of drug-likeness (QED) is 0.728. The number of aromatic amines is 1. The van der Waals surface area contributed by atoms with Crippen molar-refractivity contribution in [2.24, 2.45) is 0 Å². The van der Waals surface area contributed by atoms with Gasteiger partial charge in [0.25, 0.3) is 0 Å². The van der Waals surface area contributed by atoms with Gasteiger partial charge in [0, 0.05) is 11.2 Å². The van der Waals surface area contributed by atoms with Gasteiger partial charge in [-0.15, -0.1) is 0 Å². The predicted molar refractivity (Wildman–Crippen MR) is 49.2 cm³/mol. The third-order valence-electron chi connectivity index (χ3n) is 2.06. The molecule has 0 fully saturated rings. The number of H-pyrrole nitrogens is 1. The molecule has 3 heteroatoms. The van der Waals surface area contributed by atoms with Crippen LogP contribution >= 0.6 is 0 Å². The van der Waals surface area contributed by atoms with Crippen LogP contribution in [0, 0.1) is 0 Å². The molecule has 1 aromatic carbocycles. The Kier molecular flexibility index (Phi) is 2.02. The molecule has 68 valence electrons. The Bertz CT molecular complexity index is 377. The molecule has 0 saturated heterocycles. The second-order valence-corrected chi connectivity index (χ2v) is 2.98. The molecular formula is C10H10FNO. The zero-order valence-electron chi connectivity index (χ0n) is 7.00. The van der Waals surface area contributed by atoms with Crippen molar-refractivity contribution in [3.63, 3.8) is 0 Å². The number of para-hydroxylation sites is 1. The summed E-state index contributed by atoms with van der Waals surface area (Å²) in [6, 6.07) is 9.37. The van der Waals surface area contributed by atoms with Gasteiger partial charge in [-0.05, 0) is 17.5 Å². The van der Waals surface area contributed by atoms with Crippen molar-refractivity contribution in [2.45, 2.75) is 6.10 Å². The second-order valence-electron chi connectivity index (χ2n) is 2.98. The molecule has 2 nitrogen and oxygen atoms in total. The van der Waals surface area contributed by atoms with Crippen LogP contribution in [0.4, 0.5) is 4.39 Å². The summed E-state index contributed by atoms with van der Waals surface area (Å²) < 4.78 is 12.1. The number of hydrogen-bond acceptors (Lipinski definition) is 1. The Morgan fingerprint density at radius 2 is 2.15 bits per heavy atom. The van der Waals surface area contributed by atoms with Crippen LogP contribution in [0.1, 0.15) is 11.8 Å². The summed E-state index contributed by atoms with van der Waals surface area (Å²) in [4.78, 5) is 2.96. The van der Waals surface area contributed by atoms with Crippen molar-refractivity contribution in [3.05, 3.63) is 36.0 Å². The van der Waals surface area contributed by atoms with Crippen molar-refractivity contribution in [3.8, 4) is 0 Å². The maximum absolute atomic E-state index is 12.1.